The molecule has 13 aromatic carbocycles. The second-order valence-corrected chi connectivity index (χ2v) is 22.9. The van der Waals surface area contributed by atoms with Crippen LogP contribution in [0.25, 0.3) is 111 Å². The van der Waals surface area contributed by atoms with Gasteiger partial charge in [-0.3, -0.25) is 0 Å². The van der Waals surface area contributed by atoms with E-state index in [1.807, 2.05) is 0 Å². The van der Waals surface area contributed by atoms with Crippen LogP contribution in [0.5, 0.6) is 0 Å². The van der Waals surface area contributed by atoms with Crippen LogP contribution in [0.2, 0.25) is 0 Å². The second kappa shape index (κ2) is 16.4. The van der Waals surface area contributed by atoms with E-state index in [1.165, 1.54) is 89.0 Å². The normalized spacial score (nSPS) is 14.0. The highest BCUT2D eigenvalue weighted by Gasteiger charge is 2.53. The lowest BCUT2D eigenvalue weighted by molar-refractivity contribution is 0.664. The zero-order chi connectivity index (χ0) is 54.1. The second-order valence-electron chi connectivity index (χ2n) is 22.9. The zero-order valence-corrected chi connectivity index (χ0v) is 44.9. The molecule has 3 heteroatoms. The largest absolute Gasteiger partial charge is 0.456 e. The van der Waals surface area contributed by atoms with E-state index in [-0.39, 0.29) is 0 Å². The van der Waals surface area contributed by atoms with Gasteiger partial charge in [-0.25, -0.2) is 0 Å². The van der Waals surface area contributed by atoms with E-state index in [0.717, 1.165) is 83.2 Å². The number of hydrogen-bond donors (Lipinski definition) is 0. The van der Waals surface area contributed by atoms with Crippen molar-refractivity contribution < 1.29 is 8.83 Å². The SMILES string of the molecule is c1ccc(-c2cccc(N(c3ccc4c(c3)C3(c5ccccc5-c5ccccc53)c3ccccc3-4)c3ccc4c(c3)oc3c(-c5ccc6c(c5)C5(c7ccccc7-c7ccccc75)c5ccccc5-6)c5c(cc34)oc3ccccc35)c2)cc1. The van der Waals surface area contributed by atoms with E-state index in [4.69, 9.17) is 8.83 Å². The van der Waals surface area contributed by atoms with E-state index in [1.54, 1.807) is 0 Å². The third-order valence-corrected chi connectivity index (χ3v) is 19.1. The first-order valence-corrected chi connectivity index (χ1v) is 28.8. The van der Waals surface area contributed by atoms with Gasteiger partial charge in [0.2, 0.25) is 0 Å². The van der Waals surface area contributed by atoms with Gasteiger partial charge in [-0.2, -0.15) is 0 Å². The van der Waals surface area contributed by atoms with Gasteiger partial charge in [0.1, 0.15) is 22.3 Å². The predicted molar refractivity (Wildman–Crippen MR) is 339 cm³/mol. The highest BCUT2D eigenvalue weighted by atomic mass is 16.3. The van der Waals surface area contributed by atoms with Crippen molar-refractivity contribution in [3.05, 3.63) is 330 Å². The van der Waals surface area contributed by atoms with E-state index < -0.39 is 10.8 Å². The van der Waals surface area contributed by atoms with Crippen LogP contribution in [0, 0.1) is 0 Å². The maximum Gasteiger partial charge on any atom is 0.144 e. The molecule has 0 N–H and O–H groups in total. The topological polar surface area (TPSA) is 29.5 Å². The van der Waals surface area contributed by atoms with Gasteiger partial charge in [0, 0.05) is 50.2 Å². The number of anilines is 3. The number of nitrogens with zero attached hydrogens (tertiary/aromatic N) is 1. The summed E-state index contributed by atoms with van der Waals surface area (Å²) < 4.78 is 14.4. The molecule has 0 aliphatic heterocycles. The van der Waals surface area contributed by atoms with E-state index in [2.05, 4.69) is 290 Å². The van der Waals surface area contributed by atoms with Gasteiger partial charge in [-0.1, -0.05) is 224 Å². The Morgan fingerprint density at radius 3 is 1.29 bits per heavy atom. The Morgan fingerprint density at radius 2 is 0.699 bits per heavy atom. The number of benzene rings is 13. The number of rotatable bonds is 5. The summed E-state index contributed by atoms with van der Waals surface area (Å²) >= 11 is 0. The summed E-state index contributed by atoms with van der Waals surface area (Å²) in [5.74, 6) is 0. The Bertz CT molecular complexity index is 5180. The van der Waals surface area contributed by atoms with Gasteiger partial charge >= 0.3 is 0 Å². The van der Waals surface area contributed by atoms with Gasteiger partial charge in [0.15, 0.2) is 0 Å². The van der Waals surface area contributed by atoms with Crippen molar-refractivity contribution >= 4 is 60.9 Å². The van der Waals surface area contributed by atoms with E-state index in [9.17, 15) is 0 Å². The van der Waals surface area contributed by atoms with Gasteiger partial charge in [0.05, 0.1) is 10.8 Å². The molecular weight excluding hydrogens is 1010 g/mol. The van der Waals surface area contributed by atoms with E-state index in [0.29, 0.717) is 0 Å². The average Bonchev–Trinajstić information content (AvgIpc) is 1.61. The molecule has 0 bridgehead atoms. The molecule has 83 heavy (non-hydrogen) atoms. The van der Waals surface area contributed by atoms with Crippen LogP contribution in [0.3, 0.4) is 0 Å². The Balaban J connectivity index is 0.850. The first-order valence-electron chi connectivity index (χ1n) is 28.8. The molecule has 0 atom stereocenters. The Morgan fingerprint density at radius 1 is 0.241 bits per heavy atom. The summed E-state index contributed by atoms with van der Waals surface area (Å²) in [5, 5.41) is 4.14. The molecule has 4 aliphatic rings. The third kappa shape index (κ3) is 5.78. The summed E-state index contributed by atoms with van der Waals surface area (Å²) in [5.41, 5.74) is 30.5. The van der Waals surface area contributed by atoms with Crippen LogP contribution in [0.1, 0.15) is 44.5 Å². The van der Waals surface area contributed by atoms with Crippen LogP contribution in [0.4, 0.5) is 17.1 Å². The molecule has 0 fully saturated rings. The first kappa shape index (κ1) is 45.0. The molecule has 0 saturated heterocycles. The molecule has 0 unspecified atom stereocenters. The van der Waals surface area contributed by atoms with Gasteiger partial charge < -0.3 is 13.7 Å². The molecule has 4 aliphatic carbocycles. The van der Waals surface area contributed by atoms with E-state index >= 15 is 0 Å². The third-order valence-electron chi connectivity index (χ3n) is 19.1. The highest BCUT2D eigenvalue weighted by molar-refractivity contribution is 6.24. The van der Waals surface area contributed by atoms with Crippen molar-refractivity contribution in [3.8, 4) is 66.8 Å². The fourth-order valence-electron chi connectivity index (χ4n) is 15.9. The van der Waals surface area contributed by atoms with Gasteiger partial charge in [0.25, 0.3) is 0 Å². The predicted octanol–water partition coefficient (Wildman–Crippen LogP) is 21.0. The lowest BCUT2D eigenvalue weighted by atomic mass is 9.70. The first-order chi connectivity index (χ1) is 41.2. The molecule has 384 valence electrons. The lowest BCUT2D eigenvalue weighted by Crippen LogP contribution is -2.26. The molecule has 0 amide bonds. The van der Waals surface area contributed by atoms with Crippen LogP contribution >= 0.6 is 0 Å². The van der Waals surface area contributed by atoms with Crippen molar-refractivity contribution in [1.82, 2.24) is 0 Å². The standard InChI is InChI=1S/C80H47NO2/c1-2-19-48(20-3-1)49-21-18-22-51(43-49)81(52-38-41-61-59-28-9-16-35-70(59)80(72(61)45-52)67-32-13-6-25-56(67)57-26-7-14-33-68(57)80)53-39-42-62-64-47-75-77(63-29-10-17-36-73(63)82-75)76(78(64)83-74(62)46-53)50-37-40-60-58-27-8-15-34-69(58)79(71(60)44-50)65-30-11-4-23-54(65)55-24-5-12-31-66(55)79/h1-47H. The highest BCUT2D eigenvalue weighted by Crippen LogP contribution is 2.65. The van der Waals surface area contributed by atoms with Gasteiger partial charge in [-0.15, -0.1) is 0 Å². The summed E-state index contributed by atoms with van der Waals surface area (Å²) in [6.45, 7) is 0. The lowest BCUT2D eigenvalue weighted by Gasteiger charge is -2.32. The molecule has 0 saturated carbocycles. The summed E-state index contributed by atoms with van der Waals surface area (Å²) in [4.78, 5) is 2.43. The monoisotopic (exact) mass is 1050 g/mol. The molecule has 2 spiro atoms. The Kier molecular flexibility index (Phi) is 8.92. The Labute approximate surface area is 479 Å². The average molecular weight is 1050 g/mol. The maximum atomic E-state index is 7.53. The minimum Gasteiger partial charge on any atom is -0.456 e. The van der Waals surface area contributed by atoms with Crippen LogP contribution in [-0.4, -0.2) is 0 Å². The molecular formula is C80H47NO2. The fourth-order valence-corrected chi connectivity index (χ4v) is 15.9. The summed E-state index contributed by atoms with van der Waals surface area (Å²) in [7, 11) is 0. The maximum absolute atomic E-state index is 7.53. The Hall–Kier alpha value is -10.7. The van der Waals surface area contributed by atoms with Crippen molar-refractivity contribution in [2.75, 3.05) is 4.90 Å². The smallest absolute Gasteiger partial charge is 0.144 e. The quantitative estimate of drug-likeness (QED) is 0.172. The molecule has 0 radical (unpaired) electrons. The van der Waals surface area contributed by atoms with Crippen molar-refractivity contribution in [3.63, 3.8) is 0 Å². The van der Waals surface area contributed by atoms with Crippen molar-refractivity contribution in [2.24, 2.45) is 0 Å². The minimum atomic E-state index is -0.505. The summed E-state index contributed by atoms with van der Waals surface area (Å²) in [6, 6.07) is 106. The summed E-state index contributed by atoms with van der Waals surface area (Å²) in [6.07, 6.45) is 0. The molecule has 19 rings (SSSR count). The molecule has 3 nitrogen and oxygen atoms in total. The molecule has 15 aromatic rings. The molecule has 2 heterocycles. The van der Waals surface area contributed by atoms with Crippen molar-refractivity contribution in [2.45, 2.75) is 10.8 Å². The van der Waals surface area contributed by atoms with Crippen LogP contribution in [0.15, 0.2) is 294 Å². The van der Waals surface area contributed by atoms with Gasteiger partial charge in [-0.05, 0) is 160 Å². The zero-order valence-electron chi connectivity index (χ0n) is 44.9. The van der Waals surface area contributed by atoms with Crippen LogP contribution in [-0.2, 0) is 10.8 Å². The molecule has 2 aromatic heterocycles. The van der Waals surface area contributed by atoms with Crippen LogP contribution < -0.4 is 4.90 Å². The van der Waals surface area contributed by atoms with Crippen molar-refractivity contribution in [1.29, 1.82) is 0 Å². The number of para-hydroxylation sites is 1. The fraction of sp³-hybridized carbons (Fsp3) is 0.0250. The number of fused-ring (bicyclic) bond motifs is 26. The number of furan rings is 2. The number of hydrogen-bond acceptors (Lipinski definition) is 3. The minimum absolute atomic E-state index is 0.503.